The molecule has 0 nitrogen and oxygen atoms in total. The van der Waals surface area contributed by atoms with E-state index in [1.54, 1.807) is 24.2 Å². The Morgan fingerprint density at radius 2 is 1.30 bits per heavy atom. The van der Waals surface area contributed by atoms with Crippen LogP contribution in [0.4, 0.5) is 0 Å². The van der Waals surface area contributed by atoms with Crippen LogP contribution in [0.2, 0.25) is 0 Å². The fraction of sp³-hybridized carbons (Fsp3) is 0.108. The molecule has 196 valence electrons. The van der Waals surface area contributed by atoms with E-state index in [0.717, 1.165) is 12.8 Å². The van der Waals surface area contributed by atoms with E-state index in [2.05, 4.69) is 123 Å². The van der Waals surface area contributed by atoms with Crippen molar-refractivity contribution >= 4 is 35.9 Å². The zero-order valence-corrected chi connectivity index (χ0v) is 26.5. The normalized spacial score (nSPS) is 14.7. The van der Waals surface area contributed by atoms with Crippen molar-refractivity contribution in [3.05, 3.63) is 155 Å². The van der Waals surface area contributed by atoms with E-state index in [1.807, 2.05) is 12.2 Å². The number of fused-ring (bicyclic) bond motifs is 10. The molecule has 0 N–H and O–H groups in total. The summed E-state index contributed by atoms with van der Waals surface area (Å²) in [4.78, 5) is 0. The summed E-state index contributed by atoms with van der Waals surface area (Å²) in [5.74, 6) is 0. The van der Waals surface area contributed by atoms with Gasteiger partial charge in [-0.05, 0) is 29.0 Å². The summed E-state index contributed by atoms with van der Waals surface area (Å²) in [6, 6.07) is 26.2. The second kappa shape index (κ2) is 13.2. The summed E-state index contributed by atoms with van der Waals surface area (Å²) in [5, 5.41) is 5.34. The van der Waals surface area contributed by atoms with Gasteiger partial charge in [0.1, 0.15) is 0 Å². The van der Waals surface area contributed by atoms with Crippen LogP contribution in [-0.4, -0.2) is 3.21 Å². The van der Waals surface area contributed by atoms with Crippen LogP contribution in [0, 0.1) is 12.2 Å². The maximum Gasteiger partial charge on any atom is -0.0186 e. The van der Waals surface area contributed by atoms with E-state index < -0.39 is 0 Å². The monoisotopic (exact) mass is 632 g/mol. The Kier molecular flexibility index (Phi) is 9.96. The standard InChI is InChI=1S/2C17H11.C3H6.2ClH.Zr/c2*1-2-6-15-12(4-1)8-10-14-11-9-13-5-3-7-16(13)17(14)15;1-3-2;;;/h1-4,6-10H,11H2;1-6,8-10H,11H2;1-2H3;2*1H;/q2*-1;;;;+2/p-2. The number of hydrogen-bond donors (Lipinski definition) is 0. The molecule has 0 heterocycles. The summed E-state index contributed by atoms with van der Waals surface area (Å²) in [5.41, 5.74) is 10.8. The Labute approximate surface area is 264 Å². The van der Waals surface area contributed by atoms with Crippen molar-refractivity contribution in [2.24, 2.45) is 0 Å². The van der Waals surface area contributed by atoms with Crippen LogP contribution in [-0.2, 0) is 37.1 Å². The second-order valence-corrected chi connectivity index (χ2v) is 12.5. The molecular formula is C37H28Cl2Zr-2. The molecule has 0 radical (unpaired) electrons. The zero-order chi connectivity index (χ0) is 26.1. The van der Waals surface area contributed by atoms with Gasteiger partial charge in [0.05, 0.1) is 0 Å². The Morgan fingerprint density at radius 1 is 0.725 bits per heavy atom. The Hall–Kier alpha value is -2.83. The molecule has 0 fully saturated rings. The average Bonchev–Trinajstić information content (AvgIpc) is 3.62. The Morgan fingerprint density at radius 3 is 1.98 bits per heavy atom. The molecule has 0 unspecified atom stereocenters. The first-order valence-corrected chi connectivity index (χ1v) is 14.4. The molecule has 0 saturated carbocycles. The van der Waals surface area contributed by atoms with Crippen molar-refractivity contribution in [3.63, 3.8) is 0 Å². The first-order valence-electron chi connectivity index (χ1n) is 13.1. The molecule has 0 atom stereocenters. The van der Waals surface area contributed by atoms with Gasteiger partial charge in [-0.2, -0.15) is 36.0 Å². The maximum atomic E-state index is 3.37. The van der Waals surface area contributed by atoms with E-state index in [-0.39, 0.29) is 24.8 Å². The number of benzene rings is 4. The van der Waals surface area contributed by atoms with Crippen molar-refractivity contribution < 1.29 is 49.0 Å². The third-order valence-corrected chi connectivity index (χ3v) is 7.18. The van der Waals surface area contributed by atoms with Gasteiger partial charge >= 0.3 is 41.3 Å². The minimum Gasteiger partial charge on any atom is -1.00 e. The van der Waals surface area contributed by atoms with Crippen LogP contribution < -0.4 is 24.8 Å². The van der Waals surface area contributed by atoms with E-state index in [4.69, 9.17) is 0 Å². The summed E-state index contributed by atoms with van der Waals surface area (Å²) < 4.78 is 1.51. The van der Waals surface area contributed by atoms with Gasteiger partial charge in [-0.1, -0.05) is 100 Å². The topological polar surface area (TPSA) is 0 Å². The Balaban J connectivity index is 0.000000157. The average molecular weight is 635 g/mol. The van der Waals surface area contributed by atoms with Gasteiger partial charge in [-0.3, -0.25) is 0 Å². The van der Waals surface area contributed by atoms with Gasteiger partial charge in [0.15, 0.2) is 0 Å². The molecule has 0 amide bonds. The first-order chi connectivity index (χ1) is 18.6. The molecule has 4 aromatic carbocycles. The summed E-state index contributed by atoms with van der Waals surface area (Å²) in [6.07, 6.45) is 21.7. The maximum absolute atomic E-state index is 3.37. The van der Waals surface area contributed by atoms with Gasteiger partial charge in [-0.25, -0.2) is 0 Å². The van der Waals surface area contributed by atoms with Crippen molar-refractivity contribution in [1.82, 2.24) is 0 Å². The molecule has 8 rings (SSSR count). The minimum atomic E-state index is 0. The molecule has 4 aliphatic rings. The minimum absolute atomic E-state index is 0. The SMILES string of the molecule is C[C](C)=[Zr+2].[C-]1=C2C(=CCc3ccc4ccccc4c32)C=C1.[C-]1=CC=C2C1=CCc1ccc3ccccc3c12.[Cl-].[Cl-]. The van der Waals surface area contributed by atoms with Crippen molar-refractivity contribution in [2.75, 3.05) is 0 Å². The van der Waals surface area contributed by atoms with Crippen molar-refractivity contribution in [3.8, 4) is 0 Å². The molecule has 0 saturated heterocycles. The number of hydrogen-bond acceptors (Lipinski definition) is 0. The van der Waals surface area contributed by atoms with Gasteiger partial charge in [-0.15, -0.1) is 34.9 Å². The largest absolute Gasteiger partial charge is 1.00 e. The quantitative estimate of drug-likeness (QED) is 0.261. The molecule has 4 aliphatic carbocycles. The fourth-order valence-corrected chi connectivity index (χ4v) is 5.56. The molecular weight excluding hydrogens is 607 g/mol. The van der Waals surface area contributed by atoms with Crippen LogP contribution in [0.25, 0.3) is 32.7 Å². The number of allylic oxidation sites excluding steroid dienone is 12. The van der Waals surface area contributed by atoms with Crippen LogP contribution in [0.1, 0.15) is 36.1 Å². The number of halogens is 2. The molecule has 0 spiro atoms. The molecule has 4 aromatic rings. The molecule has 0 aliphatic heterocycles. The summed E-state index contributed by atoms with van der Waals surface area (Å²) in [7, 11) is 0. The summed E-state index contributed by atoms with van der Waals surface area (Å²) in [6.45, 7) is 4.25. The van der Waals surface area contributed by atoms with Crippen LogP contribution in [0.15, 0.2) is 120 Å². The Bertz CT molecular complexity index is 1660. The zero-order valence-electron chi connectivity index (χ0n) is 22.6. The summed E-state index contributed by atoms with van der Waals surface area (Å²) >= 11 is 1.55. The molecule has 0 aromatic heterocycles. The van der Waals surface area contributed by atoms with Gasteiger partial charge in [0.2, 0.25) is 0 Å². The predicted molar refractivity (Wildman–Crippen MR) is 159 cm³/mol. The predicted octanol–water partition coefficient (Wildman–Crippen LogP) is 2.91. The third kappa shape index (κ3) is 5.94. The molecule has 3 heteroatoms. The van der Waals surface area contributed by atoms with E-state index in [1.165, 1.54) is 69.3 Å². The second-order valence-electron chi connectivity index (χ2n) is 10.1. The third-order valence-electron chi connectivity index (χ3n) is 7.18. The van der Waals surface area contributed by atoms with Gasteiger partial charge in [0, 0.05) is 0 Å². The van der Waals surface area contributed by atoms with E-state index >= 15 is 0 Å². The van der Waals surface area contributed by atoms with Crippen LogP contribution in [0.5, 0.6) is 0 Å². The van der Waals surface area contributed by atoms with Crippen molar-refractivity contribution in [2.45, 2.75) is 26.7 Å². The van der Waals surface area contributed by atoms with Gasteiger partial charge in [0.25, 0.3) is 0 Å². The molecule has 40 heavy (non-hydrogen) atoms. The number of rotatable bonds is 0. The smallest absolute Gasteiger partial charge is 0.0186 e. The van der Waals surface area contributed by atoms with Crippen LogP contribution >= 0.6 is 0 Å². The fourth-order valence-electron chi connectivity index (χ4n) is 5.56. The van der Waals surface area contributed by atoms with Crippen LogP contribution in [0.3, 0.4) is 0 Å². The van der Waals surface area contributed by atoms with E-state index in [0.29, 0.717) is 0 Å². The molecule has 0 bridgehead atoms. The first kappa shape index (κ1) is 30.1. The van der Waals surface area contributed by atoms with Gasteiger partial charge < -0.3 is 24.8 Å². The van der Waals surface area contributed by atoms with E-state index in [9.17, 15) is 0 Å². The van der Waals surface area contributed by atoms with Crippen molar-refractivity contribution in [1.29, 1.82) is 0 Å².